The Bertz CT molecular complexity index is 979. The summed E-state index contributed by atoms with van der Waals surface area (Å²) >= 11 is 12.5. The second kappa shape index (κ2) is 6.60. The van der Waals surface area contributed by atoms with E-state index in [4.69, 9.17) is 23.2 Å². The van der Waals surface area contributed by atoms with Gasteiger partial charge in [0.15, 0.2) is 0 Å². The van der Waals surface area contributed by atoms with Crippen molar-refractivity contribution in [2.75, 3.05) is 5.32 Å². The molecule has 1 saturated carbocycles. The van der Waals surface area contributed by atoms with Crippen LogP contribution in [0.15, 0.2) is 42.5 Å². The van der Waals surface area contributed by atoms with Crippen LogP contribution in [-0.4, -0.2) is 11.7 Å². The molecule has 1 aliphatic carbocycles. The van der Waals surface area contributed by atoms with Crippen LogP contribution in [0.3, 0.4) is 0 Å². The lowest BCUT2D eigenvalue weighted by Crippen LogP contribution is -2.55. The number of ketones is 1. The highest BCUT2D eigenvalue weighted by Crippen LogP contribution is 2.61. The van der Waals surface area contributed by atoms with Crippen LogP contribution in [0.5, 0.6) is 0 Å². The third-order valence-corrected chi connectivity index (χ3v) is 6.78. The molecule has 28 heavy (non-hydrogen) atoms. The van der Waals surface area contributed by atoms with Gasteiger partial charge in [-0.15, -0.1) is 0 Å². The van der Waals surface area contributed by atoms with Crippen LogP contribution in [0.2, 0.25) is 10.0 Å². The number of hydrogen-bond donors (Lipinski definition) is 1. The average Bonchev–Trinajstić information content (AvgIpc) is 2.87. The van der Waals surface area contributed by atoms with Crippen LogP contribution >= 0.6 is 23.2 Å². The van der Waals surface area contributed by atoms with E-state index in [0.717, 1.165) is 16.8 Å². The van der Waals surface area contributed by atoms with Gasteiger partial charge in [-0.05, 0) is 46.7 Å². The molecule has 1 spiro atoms. The smallest absolute Gasteiger partial charge is 0.236 e. The van der Waals surface area contributed by atoms with Crippen molar-refractivity contribution in [3.63, 3.8) is 0 Å². The molecule has 0 unspecified atom stereocenters. The van der Waals surface area contributed by atoms with Crippen LogP contribution < -0.4 is 5.32 Å². The zero-order valence-corrected chi connectivity index (χ0v) is 17.7. The molecular weight excluding hydrogens is 393 g/mol. The minimum Gasteiger partial charge on any atom is -0.325 e. The van der Waals surface area contributed by atoms with Crippen LogP contribution in [0.1, 0.15) is 50.7 Å². The van der Waals surface area contributed by atoms with Crippen molar-refractivity contribution in [2.45, 2.75) is 44.9 Å². The number of amides is 1. The monoisotopic (exact) mass is 415 g/mol. The van der Waals surface area contributed by atoms with Gasteiger partial charge in [-0.25, -0.2) is 0 Å². The third-order valence-electron chi connectivity index (χ3n) is 6.31. The van der Waals surface area contributed by atoms with E-state index < -0.39 is 5.41 Å². The number of rotatable bonds is 1. The van der Waals surface area contributed by atoms with Gasteiger partial charge in [0.2, 0.25) is 5.91 Å². The van der Waals surface area contributed by atoms with Crippen molar-refractivity contribution in [3.8, 4) is 0 Å². The summed E-state index contributed by atoms with van der Waals surface area (Å²) in [7, 11) is 0. The lowest BCUT2D eigenvalue weighted by atomic mass is 9.50. The van der Waals surface area contributed by atoms with Crippen molar-refractivity contribution in [1.82, 2.24) is 0 Å². The Labute approximate surface area is 175 Å². The fourth-order valence-electron chi connectivity index (χ4n) is 5.22. The minimum absolute atomic E-state index is 0.0535. The van der Waals surface area contributed by atoms with E-state index in [1.165, 1.54) is 0 Å². The zero-order chi connectivity index (χ0) is 20.3. The maximum atomic E-state index is 13.7. The highest BCUT2D eigenvalue weighted by Gasteiger charge is 2.62. The molecule has 2 aromatic carbocycles. The zero-order valence-electron chi connectivity index (χ0n) is 16.2. The SMILES string of the molecule is CC(C)(C)[C@H]1CC(=O)C[C@@H](c2cccc(Cl)c2)[C@]12C(=O)Nc1cc(Cl)ccc12. The number of fused-ring (bicyclic) bond motifs is 2. The molecule has 1 N–H and O–H groups in total. The van der Waals surface area contributed by atoms with Crippen LogP contribution in [0.4, 0.5) is 5.69 Å². The number of halogens is 2. The number of carbonyl (C=O) groups is 2. The highest BCUT2D eigenvalue weighted by molar-refractivity contribution is 6.31. The van der Waals surface area contributed by atoms with Crippen molar-refractivity contribution >= 4 is 40.6 Å². The number of anilines is 1. The topological polar surface area (TPSA) is 46.2 Å². The Balaban J connectivity index is 2.02. The fraction of sp³-hybridized carbons (Fsp3) is 0.391. The van der Waals surface area contributed by atoms with Gasteiger partial charge in [-0.1, -0.05) is 62.2 Å². The molecule has 0 aromatic heterocycles. The molecule has 2 aromatic rings. The summed E-state index contributed by atoms with van der Waals surface area (Å²) in [6, 6.07) is 13.1. The highest BCUT2D eigenvalue weighted by atomic mass is 35.5. The molecule has 0 bridgehead atoms. The summed E-state index contributed by atoms with van der Waals surface area (Å²) in [5.41, 5.74) is 1.52. The Morgan fingerprint density at radius 3 is 2.39 bits per heavy atom. The molecule has 0 saturated heterocycles. The molecule has 4 rings (SSSR count). The Hall–Kier alpha value is -1.84. The van der Waals surface area contributed by atoms with Gasteiger partial charge in [-0.2, -0.15) is 0 Å². The Morgan fingerprint density at radius 1 is 1.00 bits per heavy atom. The van der Waals surface area contributed by atoms with Crippen molar-refractivity contribution in [3.05, 3.63) is 63.6 Å². The molecule has 0 radical (unpaired) electrons. The first kappa shape index (κ1) is 19.5. The summed E-state index contributed by atoms with van der Waals surface area (Å²) in [5, 5.41) is 4.25. The summed E-state index contributed by atoms with van der Waals surface area (Å²) < 4.78 is 0. The van der Waals surface area contributed by atoms with E-state index >= 15 is 0 Å². The maximum absolute atomic E-state index is 13.7. The van der Waals surface area contributed by atoms with Crippen molar-refractivity contribution < 1.29 is 9.59 Å². The van der Waals surface area contributed by atoms with Gasteiger partial charge < -0.3 is 5.32 Å². The Morgan fingerprint density at radius 2 is 1.71 bits per heavy atom. The molecule has 1 heterocycles. The van der Waals surface area contributed by atoms with Gasteiger partial charge in [-0.3, -0.25) is 9.59 Å². The first-order chi connectivity index (χ1) is 13.1. The Kier molecular flexibility index (Phi) is 4.59. The normalized spacial score (nSPS) is 27.0. The van der Waals surface area contributed by atoms with Crippen LogP contribution in [-0.2, 0) is 15.0 Å². The van der Waals surface area contributed by atoms with Crippen LogP contribution in [0.25, 0.3) is 0 Å². The number of nitrogens with one attached hydrogen (secondary N) is 1. The molecule has 1 amide bonds. The average molecular weight is 416 g/mol. The van der Waals surface area contributed by atoms with Gasteiger partial charge >= 0.3 is 0 Å². The maximum Gasteiger partial charge on any atom is 0.236 e. The van der Waals surface area contributed by atoms with E-state index in [0.29, 0.717) is 22.9 Å². The second-order valence-corrected chi connectivity index (χ2v) is 9.86. The molecule has 146 valence electrons. The van der Waals surface area contributed by atoms with E-state index in [-0.39, 0.29) is 28.9 Å². The number of hydrogen-bond acceptors (Lipinski definition) is 2. The van der Waals surface area contributed by atoms with Crippen molar-refractivity contribution in [2.24, 2.45) is 11.3 Å². The van der Waals surface area contributed by atoms with E-state index in [1.807, 2.05) is 36.4 Å². The minimum atomic E-state index is -0.837. The first-order valence-corrected chi connectivity index (χ1v) is 10.3. The summed E-state index contributed by atoms with van der Waals surface area (Å²) in [5.74, 6) is -0.292. The fourth-order valence-corrected chi connectivity index (χ4v) is 5.59. The van der Waals surface area contributed by atoms with E-state index in [9.17, 15) is 9.59 Å². The molecule has 2 aliphatic rings. The summed E-state index contributed by atoms with van der Waals surface area (Å²) in [6.07, 6.45) is 0.707. The van der Waals surface area contributed by atoms with Gasteiger partial charge in [0.25, 0.3) is 0 Å². The third kappa shape index (κ3) is 2.87. The number of carbonyl (C=O) groups excluding carboxylic acids is 2. The largest absolute Gasteiger partial charge is 0.325 e. The molecule has 3 atom stereocenters. The van der Waals surface area contributed by atoms with Gasteiger partial charge in [0, 0.05) is 34.5 Å². The standard InChI is InChI=1S/C23H23Cl2NO2/c1-22(2,3)20-12-16(27)11-18(13-5-4-6-14(24)9-13)23(20)17-8-7-15(25)10-19(17)26-21(23)28/h4-10,18,20H,11-12H2,1-3H3,(H,26,28)/t18-,20+,23-/m0/s1. The molecule has 1 aliphatic heterocycles. The molecule has 3 nitrogen and oxygen atoms in total. The molecule has 1 fully saturated rings. The van der Waals surface area contributed by atoms with E-state index in [1.54, 1.807) is 6.07 Å². The van der Waals surface area contributed by atoms with Gasteiger partial charge in [0.05, 0.1) is 5.41 Å². The summed E-state index contributed by atoms with van der Waals surface area (Å²) in [6.45, 7) is 6.32. The molecular formula is C23H23Cl2NO2. The first-order valence-electron chi connectivity index (χ1n) is 9.52. The van der Waals surface area contributed by atoms with Crippen molar-refractivity contribution in [1.29, 1.82) is 0 Å². The van der Waals surface area contributed by atoms with Gasteiger partial charge in [0.1, 0.15) is 5.78 Å². The summed E-state index contributed by atoms with van der Waals surface area (Å²) in [4.78, 5) is 26.5. The quantitative estimate of drug-likeness (QED) is 0.621. The predicted molar refractivity (Wildman–Crippen MR) is 113 cm³/mol. The number of Topliss-reactive ketones (excluding diaryl/α,β-unsaturated/α-hetero) is 1. The molecule has 5 heteroatoms. The lowest BCUT2D eigenvalue weighted by molar-refractivity contribution is -0.134. The van der Waals surface area contributed by atoms with E-state index in [2.05, 4.69) is 26.1 Å². The number of benzene rings is 2. The second-order valence-electron chi connectivity index (χ2n) is 8.99. The lowest BCUT2D eigenvalue weighted by Gasteiger charge is -2.50. The van der Waals surface area contributed by atoms with Crippen LogP contribution in [0, 0.1) is 11.3 Å². The predicted octanol–water partition coefficient (Wildman–Crippen LogP) is 5.99.